The highest BCUT2D eigenvalue weighted by atomic mass is 32.1. The zero-order chi connectivity index (χ0) is 14.1. The number of nitrogens with one attached hydrogen (secondary N) is 2. The van der Waals surface area contributed by atoms with Crippen LogP contribution in [-0.2, 0) is 0 Å². The van der Waals surface area contributed by atoms with Crippen molar-refractivity contribution in [1.82, 2.24) is 15.3 Å². The molecule has 0 fully saturated rings. The van der Waals surface area contributed by atoms with Crippen LogP contribution in [0.3, 0.4) is 0 Å². The Hall–Kier alpha value is -2.14. The number of H-pyrrole nitrogens is 1. The number of carbonyl (C=O) groups excluding carboxylic acids is 1. The Balaban J connectivity index is 1.84. The molecule has 1 atom stereocenters. The zero-order valence-electron chi connectivity index (χ0n) is 11.3. The molecule has 1 amide bonds. The Morgan fingerprint density at radius 3 is 3.00 bits per heavy atom. The van der Waals surface area contributed by atoms with Gasteiger partial charge in [0.1, 0.15) is 5.01 Å². The number of benzene rings is 1. The number of aromatic nitrogens is 2. The van der Waals surface area contributed by atoms with E-state index in [1.807, 2.05) is 49.7 Å². The highest BCUT2D eigenvalue weighted by Crippen LogP contribution is 2.20. The highest BCUT2D eigenvalue weighted by Gasteiger charge is 2.16. The molecule has 1 unspecified atom stereocenters. The molecule has 3 rings (SSSR count). The number of aryl methyl sites for hydroxylation is 1. The maximum atomic E-state index is 12.4. The Kier molecular flexibility index (Phi) is 3.28. The van der Waals surface area contributed by atoms with Crippen LogP contribution in [0.1, 0.15) is 34.0 Å². The van der Waals surface area contributed by atoms with Crippen molar-refractivity contribution in [2.45, 2.75) is 19.9 Å². The molecule has 4 nitrogen and oxygen atoms in total. The van der Waals surface area contributed by atoms with Crippen LogP contribution >= 0.6 is 11.3 Å². The summed E-state index contributed by atoms with van der Waals surface area (Å²) in [5.41, 5.74) is 2.64. The van der Waals surface area contributed by atoms with Crippen molar-refractivity contribution in [3.05, 3.63) is 52.1 Å². The van der Waals surface area contributed by atoms with Gasteiger partial charge in [-0.25, -0.2) is 4.98 Å². The predicted octanol–water partition coefficient (Wildman–Crippen LogP) is 3.42. The van der Waals surface area contributed by atoms with Crippen molar-refractivity contribution in [3.8, 4) is 0 Å². The first-order valence-corrected chi connectivity index (χ1v) is 7.32. The Morgan fingerprint density at radius 2 is 2.25 bits per heavy atom. The minimum atomic E-state index is -0.0876. The minimum absolute atomic E-state index is 0.0736. The molecule has 0 saturated carbocycles. The molecular weight excluding hydrogens is 270 g/mol. The molecule has 1 aromatic carbocycles. The molecular formula is C15H15N3OS. The summed E-state index contributed by atoms with van der Waals surface area (Å²) in [7, 11) is 0. The monoisotopic (exact) mass is 285 g/mol. The van der Waals surface area contributed by atoms with E-state index in [0.29, 0.717) is 5.56 Å². The number of rotatable bonds is 3. The van der Waals surface area contributed by atoms with E-state index in [9.17, 15) is 4.79 Å². The molecule has 3 aromatic rings. The molecule has 0 bridgehead atoms. The van der Waals surface area contributed by atoms with E-state index in [1.165, 1.54) is 0 Å². The van der Waals surface area contributed by atoms with Gasteiger partial charge in [0.05, 0.1) is 6.04 Å². The predicted molar refractivity (Wildman–Crippen MR) is 81.0 cm³/mol. The summed E-state index contributed by atoms with van der Waals surface area (Å²) in [6.07, 6.45) is 1.84. The maximum Gasteiger partial charge on any atom is 0.252 e. The summed E-state index contributed by atoms with van der Waals surface area (Å²) in [6.45, 7) is 3.91. The fraction of sp³-hybridized carbons (Fsp3) is 0.200. The third-order valence-corrected chi connectivity index (χ3v) is 4.34. The standard InChI is InChI=1S/C15H15N3OS/c1-9-8-20-15(17-9)10(2)18-14(19)12-4-3-5-13-11(12)6-7-16-13/h3-8,10,16H,1-2H3,(H,18,19). The maximum absolute atomic E-state index is 12.4. The van der Waals surface area contributed by atoms with E-state index in [1.54, 1.807) is 11.3 Å². The lowest BCUT2D eigenvalue weighted by Gasteiger charge is -2.11. The van der Waals surface area contributed by atoms with Gasteiger partial charge < -0.3 is 10.3 Å². The topological polar surface area (TPSA) is 57.8 Å². The lowest BCUT2D eigenvalue weighted by molar-refractivity contribution is 0.0941. The van der Waals surface area contributed by atoms with Gasteiger partial charge in [-0.05, 0) is 32.0 Å². The SMILES string of the molecule is Cc1csc(C(C)NC(=O)c2cccc3[nH]ccc23)n1. The number of fused-ring (bicyclic) bond motifs is 1. The van der Waals surface area contributed by atoms with Gasteiger partial charge in [0.15, 0.2) is 0 Å². The first-order chi connectivity index (χ1) is 9.65. The minimum Gasteiger partial charge on any atom is -0.361 e. The number of aromatic amines is 1. The second-order valence-corrected chi connectivity index (χ2v) is 5.66. The van der Waals surface area contributed by atoms with Crippen LogP contribution in [0.25, 0.3) is 10.9 Å². The molecule has 0 aliphatic rings. The number of carbonyl (C=O) groups is 1. The third kappa shape index (κ3) is 2.32. The molecule has 5 heteroatoms. The number of nitrogens with zero attached hydrogens (tertiary/aromatic N) is 1. The van der Waals surface area contributed by atoms with Crippen molar-refractivity contribution in [2.24, 2.45) is 0 Å². The van der Waals surface area contributed by atoms with Crippen LogP contribution in [0.15, 0.2) is 35.8 Å². The fourth-order valence-electron chi connectivity index (χ4n) is 2.19. The summed E-state index contributed by atoms with van der Waals surface area (Å²) >= 11 is 1.57. The number of hydrogen-bond donors (Lipinski definition) is 2. The first-order valence-electron chi connectivity index (χ1n) is 6.44. The van der Waals surface area contributed by atoms with Gasteiger partial charge in [0, 0.05) is 33.7 Å². The van der Waals surface area contributed by atoms with Gasteiger partial charge in [-0.2, -0.15) is 0 Å². The Labute approximate surface area is 120 Å². The van der Waals surface area contributed by atoms with Gasteiger partial charge in [-0.15, -0.1) is 11.3 Å². The molecule has 0 aliphatic carbocycles. The van der Waals surface area contributed by atoms with Crippen molar-refractivity contribution < 1.29 is 4.79 Å². The van der Waals surface area contributed by atoms with Crippen LogP contribution in [0.2, 0.25) is 0 Å². The van der Waals surface area contributed by atoms with Crippen LogP contribution in [0.4, 0.5) is 0 Å². The quantitative estimate of drug-likeness (QED) is 0.774. The van der Waals surface area contributed by atoms with E-state index in [0.717, 1.165) is 21.6 Å². The highest BCUT2D eigenvalue weighted by molar-refractivity contribution is 7.09. The normalized spacial score (nSPS) is 12.5. The van der Waals surface area contributed by atoms with Crippen LogP contribution < -0.4 is 5.32 Å². The van der Waals surface area contributed by atoms with Crippen LogP contribution in [0.5, 0.6) is 0 Å². The summed E-state index contributed by atoms with van der Waals surface area (Å²) < 4.78 is 0. The van der Waals surface area contributed by atoms with Gasteiger partial charge >= 0.3 is 0 Å². The fourth-order valence-corrected chi connectivity index (χ4v) is 2.99. The van der Waals surface area contributed by atoms with E-state index in [2.05, 4.69) is 15.3 Å². The van der Waals surface area contributed by atoms with Gasteiger partial charge in [0.2, 0.25) is 0 Å². The van der Waals surface area contributed by atoms with Crippen molar-refractivity contribution in [3.63, 3.8) is 0 Å². The number of hydrogen-bond acceptors (Lipinski definition) is 3. The van der Waals surface area contributed by atoms with Crippen molar-refractivity contribution in [1.29, 1.82) is 0 Å². The largest absolute Gasteiger partial charge is 0.361 e. The second-order valence-electron chi connectivity index (χ2n) is 4.77. The van der Waals surface area contributed by atoms with Crippen LogP contribution in [-0.4, -0.2) is 15.9 Å². The van der Waals surface area contributed by atoms with E-state index >= 15 is 0 Å². The second kappa shape index (κ2) is 5.09. The van der Waals surface area contributed by atoms with E-state index in [4.69, 9.17) is 0 Å². The molecule has 0 saturated heterocycles. The van der Waals surface area contributed by atoms with Gasteiger partial charge in [0.25, 0.3) is 5.91 Å². The molecule has 0 spiro atoms. The number of amides is 1. The molecule has 0 radical (unpaired) electrons. The zero-order valence-corrected chi connectivity index (χ0v) is 12.1. The molecule has 20 heavy (non-hydrogen) atoms. The van der Waals surface area contributed by atoms with Crippen molar-refractivity contribution in [2.75, 3.05) is 0 Å². The lowest BCUT2D eigenvalue weighted by Crippen LogP contribution is -2.26. The Morgan fingerprint density at radius 1 is 1.40 bits per heavy atom. The summed E-state index contributed by atoms with van der Waals surface area (Å²) in [6, 6.07) is 7.51. The number of thiazole rings is 1. The molecule has 0 aliphatic heterocycles. The third-order valence-electron chi connectivity index (χ3n) is 3.19. The smallest absolute Gasteiger partial charge is 0.252 e. The van der Waals surface area contributed by atoms with Crippen molar-refractivity contribution >= 4 is 28.1 Å². The summed E-state index contributed by atoms with van der Waals surface area (Å²) in [5.74, 6) is -0.0736. The first kappa shape index (κ1) is 12.9. The molecule has 102 valence electrons. The summed E-state index contributed by atoms with van der Waals surface area (Å²) in [5, 5.41) is 6.86. The lowest BCUT2D eigenvalue weighted by atomic mass is 10.1. The van der Waals surface area contributed by atoms with Crippen LogP contribution in [0, 0.1) is 6.92 Å². The molecule has 2 heterocycles. The molecule has 2 aromatic heterocycles. The average Bonchev–Trinajstić information content (AvgIpc) is 3.06. The summed E-state index contributed by atoms with van der Waals surface area (Å²) in [4.78, 5) is 19.9. The van der Waals surface area contributed by atoms with Gasteiger partial charge in [-0.3, -0.25) is 4.79 Å². The van der Waals surface area contributed by atoms with Gasteiger partial charge in [-0.1, -0.05) is 6.07 Å². The molecule has 2 N–H and O–H groups in total. The Bertz CT molecular complexity index is 759. The van der Waals surface area contributed by atoms with E-state index in [-0.39, 0.29) is 11.9 Å². The average molecular weight is 285 g/mol. The van der Waals surface area contributed by atoms with E-state index < -0.39 is 0 Å².